The molecule has 0 saturated carbocycles. The van der Waals surface area contributed by atoms with Crippen LogP contribution in [0.25, 0.3) is 11.0 Å². The number of imidazole rings is 1. The molecule has 0 fully saturated rings. The lowest BCUT2D eigenvalue weighted by Crippen LogP contribution is -1.97. The maximum atomic E-state index is 8.74. The summed E-state index contributed by atoms with van der Waals surface area (Å²) in [5.74, 6) is 0. The summed E-state index contributed by atoms with van der Waals surface area (Å²) in [5.41, 5.74) is 4.91. The fourth-order valence-electron chi connectivity index (χ4n) is 2.06. The van der Waals surface area contributed by atoms with E-state index in [0.29, 0.717) is 6.61 Å². The second-order valence-electron chi connectivity index (χ2n) is 4.65. The number of fused-ring (bicyclic) bond motifs is 1. The van der Waals surface area contributed by atoms with E-state index in [2.05, 4.69) is 35.5 Å². The minimum atomic E-state index is 0.295. The number of aliphatic hydroxyl groups is 1. The van der Waals surface area contributed by atoms with E-state index >= 15 is 0 Å². The molecule has 0 bridgehead atoms. The lowest BCUT2D eigenvalue weighted by molar-refractivity contribution is 0.282. The topological polar surface area (TPSA) is 38.0 Å². The van der Waals surface area contributed by atoms with Crippen molar-refractivity contribution in [3.05, 3.63) is 29.6 Å². The molecule has 1 N–H and O–H groups in total. The summed E-state index contributed by atoms with van der Waals surface area (Å²) < 4.78 is 2.21. The molecule has 0 saturated heterocycles. The van der Waals surface area contributed by atoms with Crippen LogP contribution in [0.2, 0.25) is 0 Å². The molecule has 0 aliphatic rings. The number of aliphatic hydroxyl groups excluding tert-OH is 1. The summed E-state index contributed by atoms with van der Waals surface area (Å²) in [7, 11) is 0. The van der Waals surface area contributed by atoms with Crippen LogP contribution in [0.15, 0.2) is 18.5 Å². The van der Waals surface area contributed by atoms with Gasteiger partial charge in [0.05, 0.1) is 17.4 Å². The lowest BCUT2D eigenvalue weighted by Gasteiger charge is -2.05. The first-order valence-electron chi connectivity index (χ1n) is 6.25. The normalized spacial score (nSPS) is 11.2. The summed E-state index contributed by atoms with van der Waals surface area (Å²) in [5, 5.41) is 8.74. The monoisotopic (exact) mass is 232 g/mol. The van der Waals surface area contributed by atoms with Crippen LogP contribution in [0.4, 0.5) is 0 Å². The van der Waals surface area contributed by atoms with Gasteiger partial charge in [0.15, 0.2) is 0 Å². The lowest BCUT2D eigenvalue weighted by atomic mass is 10.1. The molecule has 0 atom stereocenters. The standard InChI is InChI=1S/C14H20N2O/c1-11-8-13-14(9-12(11)2)16(10-15-13)6-4-3-5-7-17/h8-10,17H,3-7H2,1-2H3. The first kappa shape index (κ1) is 12.1. The Balaban J connectivity index is 2.15. The Bertz CT molecular complexity index is 502. The van der Waals surface area contributed by atoms with Gasteiger partial charge in [-0.2, -0.15) is 0 Å². The van der Waals surface area contributed by atoms with Crippen LogP contribution < -0.4 is 0 Å². The van der Waals surface area contributed by atoms with E-state index in [0.717, 1.165) is 31.3 Å². The molecule has 3 nitrogen and oxygen atoms in total. The molecule has 2 aromatic rings. The summed E-state index contributed by atoms with van der Waals surface area (Å²) in [6.07, 6.45) is 4.98. The molecule has 0 aliphatic heterocycles. The number of hydrogen-bond donors (Lipinski definition) is 1. The molecule has 92 valence electrons. The minimum absolute atomic E-state index is 0.295. The van der Waals surface area contributed by atoms with Crippen molar-refractivity contribution in [3.63, 3.8) is 0 Å². The Hall–Kier alpha value is -1.35. The molecule has 1 heterocycles. The third-order valence-corrected chi connectivity index (χ3v) is 3.29. The largest absolute Gasteiger partial charge is 0.396 e. The van der Waals surface area contributed by atoms with Gasteiger partial charge in [-0.15, -0.1) is 0 Å². The molecular formula is C14H20N2O. The smallest absolute Gasteiger partial charge is 0.0958 e. The van der Waals surface area contributed by atoms with Gasteiger partial charge in [-0.3, -0.25) is 0 Å². The Morgan fingerprint density at radius 3 is 2.65 bits per heavy atom. The highest BCUT2D eigenvalue weighted by molar-refractivity contribution is 5.77. The second kappa shape index (κ2) is 5.32. The SMILES string of the molecule is Cc1cc2ncn(CCCCCO)c2cc1C. The van der Waals surface area contributed by atoms with Crippen LogP contribution in [0.5, 0.6) is 0 Å². The van der Waals surface area contributed by atoms with Crippen molar-refractivity contribution in [3.8, 4) is 0 Å². The van der Waals surface area contributed by atoms with Crippen molar-refractivity contribution >= 4 is 11.0 Å². The van der Waals surface area contributed by atoms with E-state index < -0.39 is 0 Å². The Labute approximate surface area is 102 Å². The Morgan fingerprint density at radius 2 is 1.88 bits per heavy atom. The van der Waals surface area contributed by atoms with E-state index in [9.17, 15) is 0 Å². The quantitative estimate of drug-likeness (QED) is 0.805. The number of hydrogen-bond acceptors (Lipinski definition) is 2. The number of aryl methyl sites for hydroxylation is 3. The molecular weight excluding hydrogens is 212 g/mol. The summed E-state index contributed by atoms with van der Waals surface area (Å²) in [6, 6.07) is 4.36. The maximum absolute atomic E-state index is 8.74. The number of nitrogens with zero attached hydrogens (tertiary/aromatic N) is 2. The zero-order valence-corrected chi connectivity index (χ0v) is 10.6. The maximum Gasteiger partial charge on any atom is 0.0958 e. The Morgan fingerprint density at radius 1 is 1.12 bits per heavy atom. The van der Waals surface area contributed by atoms with Crippen molar-refractivity contribution in [2.75, 3.05) is 6.61 Å². The third-order valence-electron chi connectivity index (χ3n) is 3.29. The van der Waals surface area contributed by atoms with Gasteiger partial charge in [-0.05, 0) is 56.4 Å². The van der Waals surface area contributed by atoms with Crippen LogP contribution in [0, 0.1) is 13.8 Å². The summed E-state index contributed by atoms with van der Waals surface area (Å²) >= 11 is 0. The predicted molar refractivity (Wildman–Crippen MR) is 70.1 cm³/mol. The number of unbranched alkanes of at least 4 members (excludes halogenated alkanes) is 2. The van der Waals surface area contributed by atoms with Crippen molar-refractivity contribution in [2.24, 2.45) is 0 Å². The zero-order valence-electron chi connectivity index (χ0n) is 10.6. The molecule has 0 amide bonds. The fraction of sp³-hybridized carbons (Fsp3) is 0.500. The number of aromatic nitrogens is 2. The third kappa shape index (κ3) is 2.67. The molecule has 3 heteroatoms. The van der Waals surface area contributed by atoms with Gasteiger partial charge < -0.3 is 9.67 Å². The van der Waals surface area contributed by atoms with Crippen LogP contribution in [-0.2, 0) is 6.54 Å². The van der Waals surface area contributed by atoms with Gasteiger partial charge in [0.25, 0.3) is 0 Å². The molecule has 0 unspecified atom stereocenters. The van der Waals surface area contributed by atoms with Gasteiger partial charge in [0, 0.05) is 13.2 Å². The van der Waals surface area contributed by atoms with E-state index in [4.69, 9.17) is 5.11 Å². The van der Waals surface area contributed by atoms with Gasteiger partial charge in [0.2, 0.25) is 0 Å². The second-order valence-corrected chi connectivity index (χ2v) is 4.65. The molecule has 0 radical (unpaired) electrons. The van der Waals surface area contributed by atoms with Crippen LogP contribution in [-0.4, -0.2) is 21.3 Å². The van der Waals surface area contributed by atoms with Gasteiger partial charge in [0.1, 0.15) is 0 Å². The molecule has 1 aromatic heterocycles. The molecule has 0 spiro atoms. The number of benzene rings is 1. The highest BCUT2D eigenvalue weighted by Crippen LogP contribution is 2.18. The van der Waals surface area contributed by atoms with Gasteiger partial charge in [-0.1, -0.05) is 0 Å². The molecule has 1 aromatic carbocycles. The van der Waals surface area contributed by atoms with Crippen molar-refractivity contribution in [1.29, 1.82) is 0 Å². The predicted octanol–water partition coefficient (Wildman–Crippen LogP) is 2.82. The minimum Gasteiger partial charge on any atom is -0.396 e. The van der Waals surface area contributed by atoms with Gasteiger partial charge >= 0.3 is 0 Å². The highest BCUT2D eigenvalue weighted by atomic mass is 16.2. The summed E-state index contributed by atoms with van der Waals surface area (Å²) in [6.45, 7) is 5.54. The zero-order chi connectivity index (χ0) is 12.3. The van der Waals surface area contributed by atoms with Crippen molar-refractivity contribution in [1.82, 2.24) is 9.55 Å². The van der Waals surface area contributed by atoms with Crippen molar-refractivity contribution in [2.45, 2.75) is 39.7 Å². The average Bonchev–Trinajstić information content (AvgIpc) is 2.68. The van der Waals surface area contributed by atoms with E-state index in [1.165, 1.54) is 16.6 Å². The number of rotatable bonds is 5. The van der Waals surface area contributed by atoms with Crippen LogP contribution >= 0.6 is 0 Å². The summed E-state index contributed by atoms with van der Waals surface area (Å²) in [4.78, 5) is 4.43. The fourth-order valence-corrected chi connectivity index (χ4v) is 2.06. The van der Waals surface area contributed by atoms with Crippen LogP contribution in [0.3, 0.4) is 0 Å². The first-order chi connectivity index (χ1) is 8.22. The van der Waals surface area contributed by atoms with Gasteiger partial charge in [-0.25, -0.2) is 4.98 Å². The van der Waals surface area contributed by atoms with Crippen LogP contribution in [0.1, 0.15) is 30.4 Å². The van der Waals surface area contributed by atoms with E-state index in [-0.39, 0.29) is 0 Å². The molecule has 0 aliphatic carbocycles. The average molecular weight is 232 g/mol. The Kier molecular flexibility index (Phi) is 3.79. The van der Waals surface area contributed by atoms with Crippen molar-refractivity contribution < 1.29 is 5.11 Å². The molecule has 17 heavy (non-hydrogen) atoms. The van der Waals surface area contributed by atoms with E-state index in [1.807, 2.05) is 6.33 Å². The first-order valence-corrected chi connectivity index (χ1v) is 6.25. The van der Waals surface area contributed by atoms with E-state index in [1.54, 1.807) is 0 Å². The molecule has 2 rings (SSSR count). The highest BCUT2D eigenvalue weighted by Gasteiger charge is 2.04.